The van der Waals surface area contributed by atoms with E-state index in [0.717, 1.165) is 26.2 Å². The molecule has 10 nitrogen and oxygen atoms in total. The van der Waals surface area contributed by atoms with Crippen molar-refractivity contribution in [2.24, 2.45) is 5.73 Å². The van der Waals surface area contributed by atoms with Crippen LogP contribution in [-0.2, 0) is 10.0 Å². The van der Waals surface area contributed by atoms with Crippen molar-refractivity contribution in [3.63, 3.8) is 0 Å². The molecule has 3 aromatic rings. The number of para-hydroxylation sites is 1. The van der Waals surface area contributed by atoms with E-state index in [4.69, 9.17) is 10.5 Å². The zero-order valence-corrected chi connectivity index (χ0v) is 18.8. The number of anilines is 3. The van der Waals surface area contributed by atoms with Gasteiger partial charge in [0.2, 0.25) is 5.95 Å². The molecule has 0 unspecified atom stereocenters. The van der Waals surface area contributed by atoms with Gasteiger partial charge in [-0.15, -0.1) is 0 Å². The lowest BCUT2D eigenvalue weighted by Crippen LogP contribution is -2.47. The molecule has 0 aliphatic carbocycles. The van der Waals surface area contributed by atoms with Gasteiger partial charge >= 0.3 is 0 Å². The van der Waals surface area contributed by atoms with Crippen LogP contribution in [0.25, 0.3) is 0 Å². The van der Waals surface area contributed by atoms with Crippen molar-refractivity contribution in [2.45, 2.75) is 4.90 Å². The van der Waals surface area contributed by atoms with Gasteiger partial charge in [0.15, 0.2) is 0 Å². The van der Waals surface area contributed by atoms with E-state index in [1.807, 2.05) is 18.2 Å². The lowest BCUT2D eigenvalue weighted by atomic mass is 10.2. The first-order chi connectivity index (χ1) is 15.9. The Morgan fingerprint density at radius 2 is 1.64 bits per heavy atom. The Kier molecular flexibility index (Phi) is 6.31. The summed E-state index contributed by atoms with van der Waals surface area (Å²) in [6.45, 7) is 3.17. The number of nitrogens with zero attached hydrogens (tertiary/aromatic N) is 4. The van der Waals surface area contributed by atoms with Crippen LogP contribution in [0, 0.1) is 0 Å². The molecule has 1 amide bonds. The summed E-state index contributed by atoms with van der Waals surface area (Å²) in [6.07, 6.45) is 2.84. The quantitative estimate of drug-likeness (QED) is 0.536. The van der Waals surface area contributed by atoms with Gasteiger partial charge in [0, 0.05) is 31.9 Å². The molecule has 0 radical (unpaired) electrons. The van der Waals surface area contributed by atoms with Gasteiger partial charge in [-0.1, -0.05) is 18.2 Å². The molecule has 172 valence electrons. The number of piperazine rings is 1. The Morgan fingerprint density at radius 3 is 2.24 bits per heavy atom. The summed E-state index contributed by atoms with van der Waals surface area (Å²) in [4.78, 5) is 24.5. The molecular weight excluding hydrogens is 444 g/mol. The summed E-state index contributed by atoms with van der Waals surface area (Å²) >= 11 is 0. The second-order valence-electron chi connectivity index (χ2n) is 7.41. The first kappa shape index (κ1) is 22.3. The molecular formula is C22H24N6O4S. The monoisotopic (exact) mass is 468 g/mol. The van der Waals surface area contributed by atoms with E-state index >= 15 is 0 Å². The largest absolute Gasteiger partial charge is 0.496 e. The summed E-state index contributed by atoms with van der Waals surface area (Å²) in [5.74, 6) is -0.0587. The second-order valence-corrected chi connectivity index (χ2v) is 9.10. The predicted molar refractivity (Wildman–Crippen MR) is 125 cm³/mol. The van der Waals surface area contributed by atoms with Gasteiger partial charge in [0.1, 0.15) is 5.75 Å². The molecule has 1 saturated heterocycles. The lowest BCUT2D eigenvalue weighted by Gasteiger charge is -2.36. The SMILES string of the molecule is COc1ccc(S(=O)(=O)Nc2cnc(N3CCN(c4ccccc4)CC3)nc2)cc1C(N)=O. The molecule has 33 heavy (non-hydrogen) atoms. The van der Waals surface area contributed by atoms with Crippen LogP contribution < -0.4 is 25.0 Å². The van der Waals surface area contributed by atoms with Crippen molar-refractivity contribution in [3.05, 3.63) is 66.5 Å². The first-order valence-electron chi connectivity index (χ1n) is 10.2. The number of methoxy groups -OCH3 is 1. The van der Waals surface area contributed by atoms with Crippen LogP contribution in [0.1, 0.15) is 10.4 Å². The summed E-state index contributed by atoms with van der Waals surface area (Å²) in [5.41, 5.74) is 6.68. The molecule has 1 fully saturated rings. The number of hydrogen-bond acceptors (Lipinski definition) is 8. The van der Waals surface area contributed by atoms with E-state index < -0.39 is 15.9 Å². The number of nitrogens with one attached hydrogen (secondary N) is 1. The smallest absolute Gasteiger partial charge is 0.262 e. The molecule has 1 aliphatic rings. The third-order valence-electron chi connectivity index (χ3n) is 5.32. The number of hydrogen-bond donors (Lipinski definition) is 2. The minimum atomic E-state index is -3.98. The number of benzene rings is 2. The molecule has 2 heterocycles. The topological polar surface area (TPSA) is 131 Å². The van der Waals surface area contributed by atoms with Crippen molar-refractivity contribution < 1.29 is 17.9 Å². The molecule has 1 aromatic heterocycles. The van der Waals surface area contributed by atoms with Crippen LogP contribution in [0.15, 0.2) is 65.8 Å². The molecule has 4 rings (SSSR count). The summed E-state index contributed by atoms with van der Waals surface area (Å²) in [6, 6.07) is 14.1. The van der Waals surface area contributed by atoms with Gasteiger partial charge in [-0.05, 0) is 30.3 Å². The number of primary amides is 1. The Morgan fingerprint density at radius 1 is 1.00 bits per heavy atom. The van der Waals surface area contributed by atoms with E-state index in [2.05, 4.69) is 36.6 Å². The van der Waals surface area contributed by atoms with Crippen LogP contribution in [0.3, 0.4) is 0 Å². The number of aromatic nitrogens is 2. The Hall–Kier alpha value is -3.86. The van der Waals surface area contributed by atoms with Crippen LogP contribution >= 0.6 is 0 Å². The van der Waals surface area contributed by atoms with E-state index in [9.17, 15) is 13.2 Å². The van der Waals surface area contributed by atoms with Gasteiger partial charge < -0.3 is 20.3 Å². The molecule has 0 bridgehead atoms. The highest BCUT2D eigenvalue weighted by Gasteiger charge is 2.21. The number of ether oxygens (including phenoxy) is 1. The second kappa shape index (κ2) is 9.33. The van der Waals surface area contributed by atoms with Crippen LogP contribution in [0.2, 0.25) is 0 Å². The zero-order chi connectivity index (χ0) is 23.4. The molecule has 1 aliphatic heterocycles. The fourth-order valence-electron chi connectivity index (χ4n) is 3.60. The number of nitrogens with two attached hydrogens (primary N) is 1. The molecule has 0 spiro atoms. The molecule has 3 N–H and O–H groups in total. The predicted octanol–water partition coefficient (Wildman–Crippen LogP) is 1.71. The third kappa shape index (κ3) is 4.98. The highest BCUT2D eigenvalue weighted by atomic mass is 32.2. The Labute approximate surface area is 192 Å². The standard InChI is InChI=1S/C22H24N6O4S/c1-32-20-8-7-18(13-19(20)21(23)29)33(30,31)26-16-14-24-22(25-15-16)28-11-9-27(10-12-28)17-5-3-2-4-6-17/h2-8,13-15,26H,9-12H2,1H3,(H2,23,29). The van der Waals surface area contributed by atoms with Crippen LogP contribution in [0.4, 0.5) is 17.3 Å². The molecule has 0 saturated carbocycles. The normalized spacial score (nSPS) is 14.1. The number of rotatable bonds is 7. The van der Waals surface area contributed by atoms with Crippen molar-refractivity contribution in [1.29, 1.82) is 0 Å². The van der Waals surface area contributed by atoms with Gasteiger partial charge in [0.05, 0.1) is 35.6 Å². The summed E-state index contributed by atoms with van der Waals surface area (Å²) in [5, 5.41) is 0. The van der Waals surface area contributed by atoms with E-state index in [0.29, 0.717) is 5.95 Å². The Bertz CT molecular complexity index is 1230. The molecule has 0 atom stereocenters. The van der Waals surface area contributed by atoms with Crippen molar-refractivity contribution in [1.82, 2.24) is 9.97 Å². The average Bonchev–Trinajstić information content (AvgIpc) is 2.84. The third-order valence-corrected chi connectivity index (χ3v) is 6.70. The lowest BCUT2D eigenvalue weighted by molar-refractivity contribution is 0.0997. The number of carbonyl (C=O) groups excluding carboxylic acids is 1. The number of carbonyl (C=O) groups is 1. The minimum absolute atomic E-state index is 0.0263. The van der Waals surface area contributed by atoms with E-state index in [1.165, 1.54) is 43.4 Å². The van der Waals surface area contributed by atoms with Gasteiger partial charge in [-0.3, -0.25) is 9.52 Å². The molecule has 11 heteroatoms. The van der Waals surface area contributed by atoms with E-state index in [1.54, 1.807) is 0 Å². The first-order valence-corrected chi connectivity index (χ1v) is 11.7. The average molecular weight is 469 g/mol. The van der Waals surface area contributed by atoms with Crippen molar-refractivity contribution in [3.8, 4) is 5.75 Å². The van der Waals surface area contributed by atoms with Crippen LogP contribution in [-0.4, -0.2) is 57.6 Å². The maximum absolute atomic E-state index is 12.8. The molecule has 2 aromatic carbocycles. The maximum atomic E-state index is 12.8. The summed E-state index contributed by atoms with van der Waals surface area (Å²) < 4.78 is 33.0. The number of sulfonamides is 1. The van der Waals surface area contributed by atoms with Gasteiger partial charge in [-0.2, -0.15) is 0 Å². The van der Waals surface area contributed by atoms with Gasteiger partial charge in [-0.25, -0.2) is 18.4 Å². The van der Waals surface area contributed by atoms with E-state index in [-0.39, 0.29) is 21.9 Å². The number of amides is 1. The van der Waals surface area contributed by atoms with Crippen molar-refractivity contribution in [2.75, 3.05) is 47.8 Å². The fourth-order valence-corrected chi connectivity index (χ4v) is 4.66. The van der Waals surface area contributed by atoms with Crippen molar-refractivity contribution >= 4 is 33.3 Å². The van der Waals surface area contributed by atoms with Crippen LogP contribution in [0.5, 0.6) is 5.75 Å². The Balaban J connectivity index is 1.42. The highest BCUT2D eigenvalue weighted by molar-refractivity contribution is 7.92. The minimum Gasteiger partial charge on any atom is -0.496 e. The summed E-state index contributed by atoms with van der Waals surface area (Å²) in [7, 11) is -2.61. The highest BCUT2D eigenvalue weighted by Crippen LogP contribution is 2.24. The zero-order valence-electron chi connectivity index (χ0n) is 18.0. The van der Waals surface area contributed by atoms with Gasteiger partial charge in [0.25, 0.3) is 15.9 Å². The fraction of sp³-hybridized carbons (Fsp3) is 0.227. The maximum Gasteiger partial charge on any atom is 0.262 e.